The van der Waals surface area contributed by atoms with Gasteiger partial charge in [0, 0.05) is 39.2 Å². The summed E-state index contributed by atoms with van der Waals surface area (Å²) in [6.07, 6.45) is 0.751. The molecule has 1 saturated heterocycles. The fourth-order valence-corrected chi connectivity index (χ4v) is 2.49. The van der Waals surface area contributed by atoms with Gasteiger partial charge in [0.1, 0.15) is 5.82 Å². The molecular weight excluding hydrogens is 277 g/mol. The van der Waals surface area contributed by atoms with Crippen molar-refractivity contribution in [1.29, 1.82) is 0 Å². The van der Waals surface area contributed by atoms with Crippen molar-refractivity contribution in [3.63, 3.8) is 0 Å². The molecule has 1 fully saturated rings. The van der Waals surface area contributed by atoms with Crippen LogP contribution < -0.4 is 10.6 Å². The molecule has 0 spiro atoms. The Morgan fingerprint density at radius 1 is 1.24 bits per heavy atom. The number of carbonyl (C=O) groups excluding carboxylic acids is 1. The quantitative estimate of drug-likeness (QED) is 0.800. The van der Waals surface area contributed by atoms with E-state index in [-0.39, 0.29) is 11.6 Å². The van der Waals surface area contributed by atoms with Gasteiger partial charge in [0.05, 0.1) is 16.9 Å². The number of carboxylic acids is 1. The van der Waals surface area contributed by atoms with E-state index in [0.29, 0.717) is 31.9 Å². The number of nitrogens with zero attached hydrogens (tertiary/aromatic N) is 2. The van der Waals surface area contributed by atoms with Gasteiger partial charge in [0.25, 0.3) is 0 Å². The lowest BCUT2D eigenvalue weighted by Gasteiger charge is -2.25. The molecule has 6 nitrogen and oxygen atoms in total. The zero-order chi connectivity index (χ0) is 15.6. The van der Waals surface area contributed by atoms with E-state index >= 15 is 0 Å². The number of carbonyl (C=O) groups is 2. The van der Waals surface area contributed by atoms with Gasteiger partial charge in [-0.05, 0) is 12.5 Å². The number of amides is 1. The van der Waals surface area contributed by atoms with Crippen molar-refractivity contribution < 1.29 is 19.1 Å². The molecule has 7 heteroatoms. The van der Waals surface area contributed by atoms with Gasteiger partial charge in [0.15, 0.2) is 0 Å². The molecule has 1 aromatic carbocycles. The SMILES string of the molecule is CC(=O)N1CCCN(c2cc(F)c(C(=O)O)cc2N)CC1. The highest BCUT2D eigenvalue weighted by Gasteiger charge is 2.21. The van der Waals surface area contributed by atoms with Gasteiger partial charge in [-0.2, -0.15) is 0 Å². The van der Waals surface area contributed by atoms with Crippen LogP contribution in [0.15, 0.2) is 12.1 Å². The number of aromatic carboxylic acids is 1. The maximum absolute atomic E-state index is 13.8. The second kappa shape index (κ2) is 5.99. The van der Waals surface area contributed by atoms with Crippen LogP contribution in [-0.2, 0) is 4.79 Å². The summed E-state index contributed by atoms with van der Waals surface area (Å²) in [6, 6.07) is 2.29. The maximum Gasteiger partial charge on any atom is 0.338 e. The number of anilines is 2. The summed E-state index contributed by atoms with van der Waals surface area (Å²) in [7, 11) is 0. The van der Waals surface area contributed by atoms with Gasteiger partial charge < -0.3 is 20.6 Å². The Balaban J connectivity index is 2.24. The molecule has 1 heterocycles. The smallest absolute Gasteiger partial charge is 0.338 e. The predicted molar refractivity (Wildman–Crippen MR) is 76.9 cm³/mol. The van der Waals surface area contributed by atoms with Crippen LogP contribution in [0.5, 0.6) is 0 Å². The third-order valence-electron chi connectivity index (χ3n) is 3.63. The number of hydrogen-bond donors (Lipinski definition) is 2. The van der Waals surface area contributed by atoms with Crippen molar-refractivity contribution >= 4 is 23.3 Å². The van der Waals surface area contributed by atoms with Crippen molar-refractivity contribution in [2.75, 3.05) is 36.8 Å². The third kappa shape index (κ3) is 3.24. The molecule has 114 valence electrons. The second-order valence-corrected chi connectivity index (χ2v) is 5.04. The van der Waals surface area contributed by atoms with E-state index < -0.39 is 17.3 Å². The first-order valence-electron chi connectivity index (χ1n) is 6.73. The number of hydrogen-bond acceptors (Lipinski definition) is 4. The topological polar surface area (TPSA) is 86.9 Å². The molecule has 1 aliphatic rings. The van der Waals surface area contributed by atoms with Crippen molar-refractivity contribution in [1.82, 2.24) is 4.90 Å². The number of rotatable bonds is 2. The summed E-state index contributed by atoms with van der Waals surface area (Å²) in [6.45, 7) is 3.89. The van der Waals surface area contributed by atoms with Gasteiger partial charge in [-0.15, -0.1) is 0 Å². The minimum Gasteiger partial charge on any atom is -0.478 e. The van der Waals surface area contributed by atoms with Crippen LogP contribution >= 0.6 is 0 Å². The summed E-state index contributed by atoms with van der Waals surface area (Å²) in [4.78, 5) is 25.9. The van der Waals surface area contributed by atoms with Crippen LogP contribution in [0.4, 0.5) is 15.8 Å². The molecule has 0 aromatic heterocycles. The van der Waals surface area contributed by atoms with Crippen LogP contribution in [0.25, 0.3) is 0 Å². The van der Waals surface area contributed by atoms with Crippen molar-refractivity contribution in [2.24, 2.45) is 0 Å². The lowest BCUT2D eigenvalue weighted by molar-refractivity contribution is -0.128. The lowest BCUT2D eigenvalue weighted by Crippen LogP contribution is -2.33. The normalized spacial score (nSPS) is 15.7. The molecule has 2 rings (SSSR count). The summed E-state index contributed by atoms with van der Waals surface area (Å²) in [5, 5.41) is 8.88. The van der Waals surface area contributed by atoms with Crippen LogP contribution in [-0.4, -0.2) is 48.1 Å². The average Bonchev–Trinajstić information content (AvgIpc) is 2.66. The summed E-state index contributed by atoms with van der Waals surface area (Å²) >= 11 is 0. The van der Waals surface area contributed by atoms with Crippen LogP contribution in [0.3, 0.4) is 0 Å². The summed E-state index contributed by atoms with van der Waals surface area (Å²) in [5.74, 6) is -2.14. The Kier molecular flexibility index (Phi) is 4.30. The second-order valence-electron chi connectivity index (χ2n) is 5.04. The van der Waals surface area contributed by atoms with Crippen molar-refractivity contribution in [3.8, 4) is 0 Å². The zero-order valence-corrected chi connectivity index (χ0v) is 11.8. The van der Waals surface area contributed by atoms with E-state index in [2.05, 4.69) is 0 Å². The Morgan fingerprint density at radius 3 is 2.57 bits per heavy atom. The first-order chi connectivity index (χ1) is 9.90. The van der Waals surface area contributed by atoms with E-state index in [0.717, 1.165) is 18.6 Å². The Morgan fingerprint density at radius 2 is 1.95 bits per heavy atom. The van der Waals surface area contributed by atoms with Crippen molar-refractivity contribution in [2.45, 2.75) is 13.3 Å². The largest absolute Gasteiger partial charge is 0.478 e. The number of halogens is 1. The first kappa shape index (κ1) is 15.1. The fourth-order valence-electron chi connectivity index (χ4n) is 2.49. The number of nitrogen functional groups attached to an aromatic ring is 1. The maximum atomic E-state index is 13.8. The molecule has 3 N–H and O–H groups in total. The minimum absolute atomic E-state index is 0.0113. The van der Waals surface area contributed by atoms with E-state index in [1.165, 1.54) is 6.92 Å². The monoisotopic (exact) mass is 295 g/mol. The highest BCUT2D eigenvalue weighted by Crippen LogP contribution is 2.27. The highest BCUT2D eigenvalue weighted by molar-refractivity contribution is 5.91. The van der Waals surface area contributed by atoms with Gasteiger partial charge in [-0.25, -0.2) is 9.18 Å². The Bertz CT molecular complexity index is 577. The molecule has 0 atom stereocenters. The van der Waals surface area contributed by atoms with Gasteiger partial charge >= 0.3 is 5.97 Å². The number of carboxylic acid groups (broad SMARTS) is 1. The van der Waals surface area contributed by atoms with Gasteiger partial charge in [0.2, 0.25) is 5.91 Å². The highest BCUT2D eigenvalue weighted by atomic mass is 19.1. The van der Waals surface area contributed by atoms with Crippen LogP contribution in [0, 0.1) is 5.82 Å². The fraction of sp³-hybridized carbons (Fsp3) is 0.429. The van der Waals surface area contributed by atoms with Gasteiger partial charge in [-0.3, -0.25) is 4.79 Å². The number of benzene rings is 1. The molecule has 0 radical (unpaired) electrons. The van der Waals surface area contributed by atoms with Crippen molar-refractivity contribution in [3.05, 3.63) is 23.5 Å². The summed E-state index contributed by atoms with van der Waals surface area (Å²) < 4.78 is 13.8. The van der Waals surface area contributed by atoms with Crippen LogP contribution in [0.2, 0.25) is 0 Å². The molecule has 1 aliphatic heterocycles. The Hall–Kier alpha value is -2.31. The number of nitrogens with two attached hydrogens (primary N) is 1. The lowest BCUT2D eigenvalue weighted by atomic mass is 10.1. The van der Waals surface area contributed by atoms with Gasteiger partial charge in [-0.1, -0.05) is 0 Å². The van der Waals surface area contributed by atoms with E-state index in [4.69, 9.17) is 10.8 Å². The molecule has 21 heavy (non-hydrogen) atoms. The third-order valence-corrected chi connectivity index (χ3v) is 3.63. The molecule has 1 amide bonds. The van der Waals surface area contributed by atoms with E-state index in [1.54, 1.807) is 4.90 Å². The molecule has 1 aromatic rings. The molecule has 0 saturated carbocycles. The van der Waals surface area contributed by atoms with Crippen LogP contribution in [0.1, 0.15) is 23.7 Å². The van der Waals surface area contributed by atoms with E-state index in [9.17, 15) is 14.0 Å². The average molecular weight is 295 g/mol. The molecule has 0 unspecified atom stereocenters. The zero-order valence-electron chi connectivity index (χ0n) is 11.8. The Labute approximate surface area is 121 Å². The summed E-state index contributed by atoms with van der Waals surface area (Å²) in [5.41, 5.74) is 6.12. The molecule has 0 aliphatic carbocycles. The first-order valence-corrected chi connectivity index (χ1v) is 6.73. The predicted octanol–water partition coefficient (Wildman–Crippen LogP) is 1.16. The standard InChI is InChI=1S/C14H18FN3O3/c1-9(19)17-3-2-4-18(6-5-17)13-8-11(15)10(14(20)21)7-12(13)16/h7-8H,2-6,16H2,1H3,(H,20,21). The molecular formula is C14H18FN3O3. The van der Waals surface area contributed by atoms with E-state index in [1.807, 2.05) is 4.90 Å². The molecule has 0 bridgehead atoms. The minimum atomic E-state index is -1.34.